The van der Waals surface area contributed by atoms with Crippen molar-refractivity contribution in [1.29, 1.82) is 0 Å². The van der Waals surface area contributed by atoms with E-state index >= 15 is 0 Å². The minimum Gasteiger partial charge on any atom is -0.465 e. The van der Waals surface area contributed by atoms with Crippen LogP contribution in [0.2, 0.25) is 0 Å². The molecule has 2 aromatic rings. The molecule has 1 heterocycles. The van der Waals surface area contributed by atoms with Gasteiger partial charge in [0.15, 0.2) is 5.76 Å². The van der Waals surface area contributed by atoms with Gasteiger partial charge in [-0.15, -0.1) is 0 Å². The maximum Gasteiger partial charge on any atom is 0.337 e. The number of nitrogens with two attached hydrogens (primary N) is 1. The topological polar surface area (TPSA) is 82.4 Å². The van der Waals surface area contributed by atoms with Gasteiger partial charge in [-0.1, -0.05) is 0 Å². The first-order valence-electron chi connectivity index (χ1n) is 11.3. The van der Waals surface area contributed by atoms with E-state index in [0.717, 1.165) is 42.0 Å². The molecule has 6 nitrogen and oxygen atoms in total. The van der Waals surface area contributed by atoms with Crippen molar-refractivity contribution < 1.29 is 28.8 Å². The van der Waals surface area contributed by atoms with Gasteiger partial charge in [0.25, 0.3) is 0 Å². The Morgan fingerprint density at radius 2 is 1.48 bits per heavy atom. The highest BCUT2D eigenvalue weighted by atomic mass is 16.5. The lowest BCUT2D eigenvalue weighted by atomic mass is 9.54. The van der Waals surface area contributed by atoms with Crippen molar-refractivity contribution in [2.45, 2.75) is 44.7 Å². The summed E-state index contributed by atoms with van der Waals surface area (Å²) in [7, 11) is 2.63. The molecule has 31 heavy (non-hydrogen) atoms. The summed E-state index contributed by atoms with van der Waals surface area (Å²) >= 11 is 0. The van der Waals surface area contributed by atoms with Gasteiger partial charge in [0.05, 0.1) is 31.4 Å². The third-order valence-electron chi connectivity index (χ3n) is 7.61. The van der Waals surface area contributed by atoms with Gasteiger partial charge in [0, 0.05) is 17.4 Å². The third kappa shape index (κ3) is 3.89. The number of carbonyl (C=O) groups is 2. The molecule has 4 aliphatic carbocycles. The molecule has 6 rings (SSSR count). The molecule has 0 unspecified atom stereocenters. The Morgan fingerprint density at radius 3 is 2.03 bits per heavy atom. The predicted molar refractivity (Wildman–Crippen MR) is 113 cm³/mol. The molecule has 164 valence electrons. The van der Waals surface area contributed by atoms with Crippen molar-refractivity contribution in [2.24, 2.45) is 23.7 Å². The van der Waals surface area contributed by atoms with E-state index in [2.05, 4.69) is 5.32 Å². The zero-order valence-electron chi connectivity index (χ0n) is 18.1. The van der Waals surface area contributed by atoms with Crippen molar-refractivity contribution in [1.82, 2.24) is 0 Å². The van der Waals surface area contributed by atoms with Crippen LogP contribution in [-0.2, 0) is 16.0 Å². The summed E-state index contributed by atoms with van der Waals surface area (Å²) in [6, 6.07) is 9.45. The Morgan fingerprint density at radius 1 is 0.903 bits per heavy atom. The molecule has 0 spiro atoms. The van der Waals surface area contributed by atoms with Crippen LogP contribution in [-0.4, -0.2) is 32.2 Å². The minimum atomic E-state index is -0.506. The second-order valence-electron chi connectivity index (χ2n) is 9.50. The molecule has 0 atom stereocenters. The molecular formula is C25H30NO5+. The highest BCUT2D eigenvalue weighted by Crippen LogP contribution is 2.52. The molecule has 4 fully saturated rings. The van der Waals surface area contributed by atoms with Crippen LogP contribution in [0.5, 0.6) is 0 Å². The zero-order valence-corrected chi connectivity index (χ0v) is 18.1. The van der Waals surface area contributed by atoms with Crippen LogP contribution in [0, 0.1) is 23.7 Å². The Bertz CT molecular complexity index is 931. The van der Waals surface area contributed by atoms with Crippen LogP contribution in [0.25, 0.3) is 11.3 Å². The van der Waals surface area contributed by atoms with Crippen LogP contribution in [0.15, 0.2) is 34.7 Å². The van der Waals surface area contributed by atoms with Gasteiger partial charge in [-0.2, -0.15) is 0 Å². The molecule has 1 aromatic heterocycles. The summed E-state index contributed by atoms with van der Waals surface area (Å²) in [6.45, 7) is 0.813. The number of carbonyl (C=O) groups excluding carboxylic acids is 2. The van der Waals surface area contributed by atoms with E-state index in [4.69, 9.17) is 13.9 Å². The molecule has 0 amide bonds. The Hall–Kier alpha value is -2.60. The third-order valence-corrected chi connectivity index (χ3v) is 7.61. The maximum atomic E-state index is 12.1. The molecule has 2 N–H and O–H groups in total. The number of hydrogen-bond acceptors (Lipinski definition) is 5. The molecule has 0 radical (unpaired) electrons. The van der Waals surface area contributed by atoms with E-state index in [9.17, 15) is 9.59 Å². The Kier molecular flexibility index (Phi) is 5.34. The number of benzene rings is 1. The largest absolute Gasteiger partial charge is 0.465 e. The fraction of sp³-hybridized carbons (Fsp3) is 0.520. The summed E-state index contributed by atoms with van der Waals surface area (Å²) in [4.78, 5) is 24.1. The Labute approximate surface area is 182 Å². The lowest BCUT2D eigenvalue weighted by molar-refractivity contribution is -0.724. The molecule has 4 aliphatic rings. The van der Waals surface area contributed by atoms with Gasteiger partial charge in [0.1, 0.15) is 12.3 Å². The number of furan rings is 1. The number of methoxy groups -OCH3 is 2. The summed E-state index contributed by atoms with van der Waals surface area (Å²) < 4.78 is 15.8. The first-order valence-corrected chi connectivity index (χ1v) is 11.3. The van der Waals surface area contributed by atoms with Gasteiger partial charge in [-0.3, -0.25) is 0 Å². The minimum absolute atomic E-state index is 0.290. The quantitative estimate of drug-likeness (QED) is 0.719. The predicted octanol–water partition coefficient (Wildman–Crippen LogP) is 3.41. The molecule has 4 bridgehead atoms. The smallest absolute Gasteiger partial charge is 0.337 e. The SMILES string of the molecule is COC(=O)c1cc(C(=O)OC)cc(-c2ccc(C[NH2+]C3C4CC5CC(C4)CC3C5)o2)c1. The van der Waals surface area contributed by atoms with Crippen LogP contribution in [0.4, 0.5) is 0 Å². The van der Waals surface area contributed by atoms with Gasteiger partial charge in [-0.25, -0.2) is 9.59 Å². The highest BCUT2D eigenvalue weighted by molar-refractivity contribution is 5.97. The van der Waals surface area contributed by atoms with E-state index < -0.39 is 11.9 Å². The average Bonchev–Trinajstić information content (AvgIpc) is 3.26. The number of rotatable bonds is 6. The normalized spacial score (nSPS) is 28.5. The highest BCUT2D eigenvalue weighted by Gasteiger charge is 2.50. The molecular weight excluding hydrogens is 394 g/mol. The summed E-state index contributed by atoms with van der Waals surface area (Å²) in [5.41, 5.74) is 1.24. The van der Waals surface area contributed by atoms with Crippen LogP contribution in [0.1, 0.15) is 58.6 Å². The summed E-state index contributed by atoms with van der Waals surface area (Å²) in [6.07, 6.45) is 7.12. The van der Waals surface area contributed by atoms with Gasteiger partial charge in [-0.05, 0) is 74.3 Å². The van der Waals surface area contributed by atoms with Crippen LogP contribution in [0.3, 0.4) is 0 Å². The second-order valence-corrected chi connectivity index (χ2v) is 9.50. The molecule has 1 aromatic carbocycles. The molecule has 6 heteroatoms. The molecule has 4 saturated carbocycles. The van der Waals surface area contributed by atoms with E-state index in [1.807, 2.05) is 12.1 Å². The van der Waals surface area contributed by atoms with Gasteiger partial charge in [0.2, 0.25) is 0 Å². The fourth-order valence-electron chi connectivity index (χ4n) is 6.49. The standard InChI is InChI=1S/C25H29NO5/c1-29-24(27)19-10-16(11-20(12-19)25(28)30-2)22-4-3-21(31-22)13-26-23-17-6-14-5-15(8-17)9-18(23)7-14/h3-4,10-12,14-15,17-18,23,26H,5-9,13H2,1-2H3/p+1. The number of esters is 2. The number of ether oxygens (including phenoxy) is 2. The van der Waals surface area contributed by atoms with Crippen LogP contribution >= 0.6 is 0 Å². The maximum absolute atomic E-state index is 12.1. The van der Waals surface area contributed by atoms with Crippen molar-refractivity contribution in [2.75, 3.05) is 14.2 Å². The van der Waals surface area contributed by atoms with E-state index in [1.165, 1.54) is 52.4 Å². The fourth-order valence-corrected chi connectivity index (χ4v) is 6.49. The molecule has 0 aliphatic heterocycles. The molecule has 0 saturated heterocycles. The van der Waals surface area contributed by atoms with Crippen molar-refractivity contribution in [3.8, 4) is 11.3 Å². The van der Waals surface area contributed by atoms with E-state index in [-0.39, 0.29) is 0 Å². The summed E-state index contributed by atoms with van der Waals surface area (Å²) in [5.74, 6) is 4.22. The summed E-state index contributed by atoms with van der Waals surface area (Å²) in [5, 5.41) is 2.49. The zero-order chi connectivity index (χ0) is 21.5. The van der Waals surface area contributed by atoms with Gasteiger partial charge < -0.3 is 19.2 Å². The second kappa shape index (κ2) is 8.15. The van der Waals surface area contributed by atoms with Crippen LogP contribution < -0.4 is 5.32 Å². The van der Waals surface area contributed by atoms with E-state index in [0.29, 0.717) is 22.5 Å². The van der Waals surface area contributed by atoms with Crippen molar-refractivity contribution >= 4 is 11.9 Å². The lowest BCUT2D eigenvalue weighted by Gasteiger charge is -2.52. The number of hydrogen-bond donors (Lipinski definition) is 1. The van der Waals surface area contributed by atoms with E-state index in [1.54, 1.807) is 12.1 Å². The lowest BCUT2D eigenvalue weighted by Crippen LogP contribution is -2.93. The first-order chi connectivity index (χ1) is 15.0. The van der Waals surface area contributed by atoms with Crippen molar-refractivity contribution in [3.05, 3.63) is 47.2 Å². The van der Waals surface area contributed by atoms with Gasteiger partial charge >= 0.3 is 11.9 Å². The number of quaternary nitrogens is 1. The first kappa shape index (κ1) is 20.3. The average molecular weight is 425 g/mol. The monoisotopic (exact) mass is 424 g/mol. The van der Waals surface area contributed by atoms with Crippen molar-refractivity contribution in [3.63, 3.8) is 0 Å². The Balaban J connectivity index is 1.32.